The fourth-order valence-electron chi connectivity index (χ4n) is 1.64. The first kappa shape index (κ1) is 11.4. The minimum absolute atomic E-state index is 0.536. The Balaban J connectivity index is 2.36. The summed E-state index contributed by atoms with van der Waals surface area (Å²) in [5, 5.41) is 9.97. The van der Waals surface area contributed by atoms with Gasteiger partial charge in [-0.3, -0.25) is 0 Å². The minimum atomic E-state index is 0.536. The maximum Gasteiger partial charge on any atom is 0.215 e. The first-order valence-electron chi connectivity index (χ1n) is 5.78. The smallest absolute Gasteiger partial charge is 0.215 e. The Labute approximate surface area is 101 Å². The molecule has 86 valence electrons. The Morgan fingerprint density at radius 3 is 2.94 bits per heavy atom. The van der Waals surface area contributed by atoms with Crippen molar-refractivity contribution in [2.24, 2.45) is 0 Å². The van der Waals surface area contributed by atoms with Gasteiger partial charge in [-0.1, -0.05) is 31.5 Å². The number of pyridine rings is 1. The molecule has 0 bridgehead atoms. The summed E-state index contributed by atoms with van der Waals surface area (Å²) < 4.78 is 5.53. The van der Waals surface area contributed by atoms with Crippen LogP contribution in [0.5, 0.6) is 5.88 Å². The van der Waals surface area contributed by atoms with Gasteiger partial charge in [0.25, 0.3) is 0 Å². The molecule has 1 aromatic carbocycles. The topological polar surface area (TPSA) is 45.9 Å². The Kier molecular flexibility index (Phi) is 3.56. The fraction of sp³-hybridized carbons (Fsp3) is 0.286. The second-order valence-electron chi connectivity index (χ2n) is 3.84. The van der Waals surface area contributed by atoms with Crippen LogP contribution >= 0.6 is 0 Å². The number of hydrogen-bond donors (Lipinski definition) is 0. The van der Waals surface area contributed by atoms with Crippen LogP contribution in [0.1, 0.15) is 25.3 Å². The van der Waals surface area contributed by atoms with Gasteiger partial charge in [-0.25, -0.2) is 4.98 Å². The van der Waals surface area contributed by atoms with E-state index in [9.17, 15) is 0 Å². The molecule has 0 N–H and O–H groups in total. The van der Waals surface area contributed by atoms with Gasteiger partial charge >= 0.3 is 0 Å². The van der Waals surface area contributed by atoms with E-state index < -0.39 is 0 Å². The number of ether oxygens (including phenoxy) is 1. The first-order chi connectivity index (χ1) is 8.35. The van der Waals surface area contributed by atoms with Gasteiger partial charge in [0.2, 0.25) is 5.88 Å². The van der Waals surface area contributed by atoms with Crippen molar-refractivity contribution in [1.29, 1.82) is 5.26 Å². The van der Waals surface area contributed by atoms with E-state index in [1.807, 2.05) is 24.3 Å². The maximum atomic E-state index is 9.10. The van der Waals surface area contributed by atoms with Gasteiger partial charge < -0.3 is 4.74 Å². The fourth-order valence-corrected chi connectivity index (χ4v) is 1.64. The molecule has 3 heteroatoms. The molecule has 0 amide bonds. The maximum absolute atomic E-state index is 9.10. The Hall–Kier alpha value is -2.08. The molecule has 3 nitrogen and oxygen atoms in total. The van der Waals surface area contributed by atoms with Gasteiger partial charge in [0.15, 0.2) is 0 Å². The van der Waals surface area contributed by atoms with Gasteiger partial charge in [-0.2, -0.15) is 5.26 Å². The van der Waals surface area contributed by atoms with Crippen LogP contribution in [0.15, 0.2) is 30.3 Å². The van der Waals surface area contributed by atoms with Gasteiger partial charge in [0, 0.05) is 11.5 Å². The van der Waals surface area contributed by atoms with Crippen molar-refractivity contribution in [1.82, 2.24) is 4.98 Å². The number of hydrogen-bond acceptors (Lipinski definition) is 3. The van der Waals surface area contributed by atoms with E-state index in [2.05, 4.69) is 18.0 Å². The molecule has 0 aliphatic heterocycles. The summed E-state index contributed by atoms with van der Waals surface area (Å²) in [6.07, 6.45) is 2.08. The average molecular weight is 226 g/mol. The highest BCUT2D eigenvalue weighted by Crippen LogP contribution is 2.21. The van der Waals surface area contributed by atoms with Crippen LogP contribution in [-0.2, 0) is 0 Å². The Morgan fingerprint density at radius 2 is 2.18 bits per heavy atom. The van der Waals surface area contributed by atoms with Crippen LogP contribution in [0, 0.1) is 11.3 Å². The van der Waals surface area contributed by atoms with Crippen LogP contribution in [0.25, 0.3) is 10.9 Å². The van der Waals surface area contributed by atoms with Crippen LogP contribution in [0.3, 0.4) is 0 Å². The van der Waals surface area contributed by atoms with Crippen molar-refractivity contribution in [3.05, 3.63) is 35.9 Å². The number of aromatic nitrogens is 1. The van der Waals surface area contributed by atoms with Crippen molar-refractivity contribution in [2.75, 3.05) is 6.61 Å². The highest BCUT2D eigenvalue weighted by atomic mass is 16.5. The quantitative estimate of drug-likeness (QED) is 0.751. The minimum Gasteiger partial charge on any atom is -0.478 e. The molecule has 0 unspecified atom stereocenters. The number of rotatable bonds is 4. The van der Waals surface area contributed by atoms with Crippen LogP contribution < -0.4 is 4.74 Å². The molecule has 0 aliphatic rings. The number of para-hydroxylation sites is 1. The third-order valence-electron chi connectivity index (χ3n) is 2.56. The van der Waals surface area contributed by atoms with E-state index >= 15 is 0 Å². The molecule has 2 rings (SSSR count). The molecule has 0 saturated carbocycles. The highest BCUT2D eigenvalue weighted by Gasteiger charge is 2.05. The van der Waals surface area contributed by atoms with Crippen LogP contribution in [-0.4, -0.2) is 11.6 Å². The third-order valence-corrected chi connectivity index (χ3v) is 2.56. The van der Waals surface area contributed by atoms with E-state index in [1.54, 1.807) is 6.07 Å². The predicted molar refractivity (Wildman–Crippen MR) is 66.9 cm³/mol. The largest absolute Gasteiger partial charge is 0.478 e. The highest BCUT2D eigenvalue weighted by molar-refractivity contribution is 5.85. The third kappa shape index (κ3) is 2.54. The summed E-state index contributed by atoms with van der Waals surface area (Å²) in [5.41, 5.74) is 1.42. The summed E-state index contributed by atoms with van der Waals surface area (Å²) in [5.74, 6) is 0.536. The molecular formula is C14H14N2O. The lowest BCUT2D eigenvalue weighted by molar-refractivity contribution is 0.299. The molecule has 2 aromatic rings. The number of benzene rings is 1. The van der Waals surface area contributed by atoms with Crippen molar-refractivity contribution >= 4 is 10.9 Å². The summed E-state index contributed by atoms with van der Waals surface area (Å²) in [6.45, 7) is 2.75. The van der Waals surface area contributed by atoms with Crippen molar-refractivity contribution in [3.63, 3.8) is 0 Å². The summed E-state index contributed by atoms with van der Waals surface area (Å²) >= 11 is 0. The number of fused-ring (bicyclic) bond motifs is 1. The standard InChI is InChI=1S/C14H14N2O/c1-2-3-8-17-14-9-11(10-15)12-6-4-5-7-13(12)16-14/h4-7,9H,2-3,8H2,1H3. The van der Waals surface area contributed by atoms with Crippen molar-refractivity contribution in [3.8, 4) is 11.9 Å². The van der Waals surface area contributed by atoms with E-state index in [4.69, 9.17) is 10.00 Å². The zero-order valence-electron chi connectivity index (χ0n) is 9.81. The predicted octanol–water partition coefficient (Wildman–Crippen LogP) is 3.29. The second kappa shape index (κ2) is 5.31. The molecular weight excluding hydrogens is 212 g/mol. The molecule has 1 aromatic heterocycles. The number of nitrogens with zero attached hydrogens (tertiary/aromatic N) is 2. The van der Waals surface area contributed by atoms with E-state index in [1.165, 1.54) is 0 Å². The first-order valence-corrected chi connectivity index (χ1v) is 5.78. The summed E-state index contributed by atoms with van der Waals surface area (Å²) in [4.78, 5) is 4.38. The molecule has 0 fully saturated rings. The van der Waals surface area contributed by atoms with Crippen LogP contribution in [0.2, 0.25) is 0 Å². The monoisotopic (exact) mass is 226 g/mol. The van der Waals surface area contributed by atoms with E-state index in [0.29, 0.717) is 18.1 Å². The van der Waals surface area contributed by atoms with E-state index in [0.717, 1.165) is 23.7 Å². The number of unbranched alkanes of at least 4 members (excludes halogenated alkanes) is 1. The lowest BCUT2D eigenvalue weighted by Gasteiger charge is -2.06. The lowest BCUT2D eigenvalue weighted by atomic mass is 10.1. The molecule has 0 aliphatic carbocycles. The Bertz CT molecular complexity index is 558. The van der Waals surface area contributed by atoms with Crippen molar-refractivity contribution in [2.45, 2.75) is 19.8 Å². The van der Waals surface area contributed by atoms with Gasteiger partial charge in [0.05, 0.1) is 17.7 Å². The second-order valence-corrected chi connectivity index (χ2v) is 3.84. The zero-order valence-corrected chi connectivity index (χ0v) is 9.81. The molecule has 0 radical (unpaired) electrons. The molecule has 0 atom stereocenters. The average Bonchev–Trinajstić information content (AvgIpc) is 2.38. The SMILES string of the molecule is CCCCOc1cc(C#N)c2ccccc2n1. The van der Waals surface area contributed by atoms with Gasteiger partial charge in [-0.05, 0) is 12.5 Å². The normalized spacial score (nSPS) is 10.1. The zero-order chi connectivity index (χ0) is 12.1. The van der Waals surface area contributed by atoms with Gasteiger partial charge in [-0.15, -0.1) is 0 Å². The van der Waals surface area contributed by atoms with E-state index in [-0.39, 0.29) is 0 Å². The molecule has 0 spiro atoms. The molecule has 17 heavy (non-hydrogen) atoms. The summed E-state index contributed by atoms with van der Waals surface area (Å²) in [7, 11) is 0. The number of nitriles is 1. The molecule has 1 heterocycles. The van der Waals surface area contributed by atoms with Gasteiger partial charge in [0.1, 0.15) is 6.07 Å². The Morgan fingerprint density at radius 1 is 1.35 bits per heavy atom. The van der Waals surface area contributed by atoms with Crippen LogP contribution in [0.4, 0.5) is 0 Å². The van der Waals surface area contributed by atoms with Crippen molar-refractivity contribution < 1.29 is 4.74 Å². The lowest BCUT2D eigenvalue weighted by Crippen LogP contribution is -1.99. The summed E-state index contributed by atoms with van der Waals surface area (Å²) in [6, 6.07) is 11.5. The molecule has 0 saturated heterocycles.